The number of alkyl halides is 3. The molecule has 3 N–H and O–H groups in total. The van der Waals surface area contributed by atoms with Gasteiger partial charge in [-0.2, -0.15) is 13.2 Å². The molecule has 2 heterocycles. The average Bonchev–Trinajstić information content (AvgIpc) is 3.25. The lowest BCUT2D eigenvalue weighted by Crippen LogP contribution is -2.41. The molecule has 0 bridgehead atoms. The zero-order valence-electron chi connectivity index (χ0n) is 20.1. The number of hydrogen-bond acceptors (Lipinski definition) is 3. The molecule has 2 aliphatic rings. The molecule has 5 rings (SSSR count). The summed E-state index contributed by atoms with van der Waals surface area (Å²) in [7, 11) is 0. The second kappa shape index (κ2) is 9.90. The van der Waals surface area contributed by atoms with Crippen LogP contribution in [0.2, 0.25) is 5.02 Å². The van der Waals surface area contributed by atoms with Crippen LogP contribution >= 0.6 is 11.6 Å². The fourth-order valence-electron chi connectivity index (χ4n) is 5.08. The molecule has 11 heteroatoms. The third kappa shape index (κ3) is 5.13. The number of H-pyrrole nitrogens is 1. The number of fused-ring (bicyclic) bond motifs is 3. The largest absolute Gasteiger partial charge is 0.417 e. The molecule has 0 radical (unpaired) electrons. The van der Waals surface area contributed by atoms with Crippen LogP contribution in [0.4, 0.5) is 23.7 Å². The second-order valence-electron chi connectivity index (χ2n) is 9.40. The fraction of sp³-hybridized carbons (Fsp3) is 0.385. The minimum absolute atomic E-state index is 0.00756. The van der Waals surface area contributed by atoms with Crippen molar-refractivity contribution in [3.8, 4) is 0 Å². The summed E-state index contributed by atoms with van der Waals surface area (Å²) in [5, 5.41) is 5.78. The van der Waals surface area contributed by atoms with Crippen molar-refractivity contribution in [2.45, 2.75) is 38.4 Å². The predicted octanol–water partition coefficient (Wildman–Crippen LogP) is 5.30. The number of rotatable bonds is 3. The number of benzene rings is 2. The lowest BCUT2D eigenvalue weighted by atomic mass is 9.89. The Bertz CT molecular complexity index is 1370. The number of aromatic amines is 1. The summed E-state index contributed by atoms with van der Waals surface area (Å²) in [6.07, 6.45) is -2.83. The van der Waals surface area contributed by atoms with Gasteiger partial charge in [-0.05, 0) is 61.6 Å². The smallest absolute Gasteiger partial charge is 0.378 e. The van der Waals surface area contributed by atoms with Crippen molar-refractivity contribution in [1.82, 2.24) is 15.2 Å². The summed E-state index contributed by atoms with van der Waals surface area (Å²) < 4.78 is 44.9. The molecule has 1 fully saturated rings. The standard InChI is InChI=1S/C26H26ClF3N4O3/c1-14-2-5-17(24(35)34-8-10-37-11-9-34)22-18-12-15(4-7-21(18)33-23(14)22)31-25(36)32-16-3-6-20(27)19(13-16)26(28,29)30/h2-3,5-6,13,15,33H,4,7-12H2,1H3,(H2,31,32,36). The number of aryl methyl sites for hydroxylation is 2. The first-order valence-electron chi connectivity index (χ1n) is 12.1. The lowest BCUT2D eigenvalue weighted by molar-refractivity contribution is -0.137. The number of anilines is 1. The van der Waals surface area contributed by atoms with E-state index in [4.69, 9.17) is 16.3 Å². The van der Waals surface area contributed by atoms with E-state index in [1.807, 2.05) is 19.1 Å². The van der Waals surface area contributed by atoms with E-state index in [2.05, 4.69) is 15.6 Å². The Hall–Kier alpha value is -3.24. The SMILES string of the molecule is Cc1ccc(C(=O)N2CCOCC2)c2c3c([nH]c12)CCC(NC(=O)Nc1ccc(Cl)c(C(F)(F)F)c1)C3. The van der Waals surface area contributed by atoms with E-state index in [1.165, 1.54) is 6.07 Å². The van der Waals surface area contributed by atoms with Crippen LogP contribution in [0.25, 0.3) is 10.9 Å². The van der Waals surface area contributed by atoms with Gasteiger partial charge in [0.25, 0.3) is 5.91 Å². The topological polar surface area (TPSA) is 86.5 Å². The van der Waals surface area contributed by atoms with Crippen molar-refractivity contribution in [3.63, 3.8) is 0 Å². The van der Waals surface area contributed by atoms with Gasteiger partial charge in [-0.15, -0.1) is 0 Å². The van der Waals surface area contributed by atoms with Crippen molar-refractivity contribution < 1.29 is 27.5 Å². The zero-order valence-corrected chi connectivity index (χ0v) is 20.9. The lowest BCUT2D eigenvalue weighted by Gasteiger charge is -2.28. The van der Waals surface area contributed by atoms with Gasteiger partial charge in [0, 0.05) is 47.0 Å². The van der Waals surface area contributed by atoms with Crippen molar-refractivity contribution >= 4 is 40.1 Å². The Labute approximate surface area is 216 Å². The van der Waals surface area contributed by atoms with Gasteiger partial charge in [0.05, 0.1) is 23.8 Å². The van der Waals surface area contributed by atoms with E-state index < -0.39 is 22.8 Å². The molecule has 3 aromatic rings. The summed E-state index contributed by atoms with van der Waals surface area (Å²) in [5.41, 5.74) is 3.55. The summed E-state index contributed by atoms with van der Waals surface area (Å²) >= 11 is 5.67. The fourth-order valence-corrected chi connectivity index (χ4v) is 5.30. The molecule has 2 aromatic carbocycles. The highest BCUT2D eigenvalue weighted by molar-refractivity contribution is 6.31. The molecule has 1 unspecified atom stereocenters. The molecule has 1 aromatic heterocycles. The highest BCUT2D eigenvalue weighted by atomic mass is 35.5. The summed E-state index contributed by atoms with van der Waals surface area (Å²) in [5.74, 6) is -0.0499. The molecule has 1 atom stereocenters. The Balaban J connectivity index is 1.36. The highest BCUT2D eigenvalue weighted by Gasteiger charge is 2.34. The van der Waals surface area contributed by atoms with Crippen molar-refractivity contribution in [3.05, 3.63) is 63.3 Å². The number of morpholine rings is 1. The number of hydrogen-bond donors (Lipinski definition) is 3. The Kier molecular flexibility index (Phi) is 6.80. The van der Waals surface area contributed by atoms with Gasteiger partial charge in [0.15, 0.2) is 0 Å². The Morgan fingerprint density at radius 3 is 2.65 bits per heavy atom. The highest BCUT2D eigenvalue weighted by Crippen LogP contribution is 2.37. The molecule has 0 saturated carbocycles. The molecule has 1 aliphatic carbocycles. The molecule has 196 valence electrons. The second-order valence-corrected chi connectivity index (χ2v) is 9.80. The monoisotopic (exact) mass is 534 g/mol. The minimum atomic E-state index is -4.63. The first-order chi connectivity index (χ1) is 17.6. The first-order valence-corrected chi connectivity index (χ1v) is 12.4. The quantitative estimate of drug-likeness (QED) is 0.426. The third-order valence-electron chi connectivity index (χ3n) is 6.94. The van der Waals surface area contributed by atoms with E-state index in [0.717, 1.165) is 39.9 Å². The molecule has 3 amide bonds. The number of carbonyl (C=O) groups is 2. The van der Waals surface area contributed by atoms with Crippen LogP contribution in [0, 0.1) is 6.92 Å². The van der Waals surface area contributed by atoms with Gasteiger partial charge >= 0.3 is 12.2 Å². The number of amides is 3. The maximum absolute atomic E-state index is 13.4. The minimum Gasteiger partial charge on any atom is -0.378 e. The van der Waals surface area contributed by atoms with E-state index >= 15 is 0 Å². The van der Waals surface area contributed by atoms with Gasteiger partial charge in [0.2, 0.25) is 0 Å². The number of nitrogens with one attached hydrogen (secondary N) is 3. The van der Waals surface area contributed by atoms with E-state index in [-0.39, 0.29) is 17.6 Å². The Morgan fingerprint density at radius 1 is 1.16 bits per heavy atom. The molecular formula is C26H26ClF3N4O3. The maximum Gasteiger partial charge on any atom is 0.417 e. The van der Waals surface area contributed by atoms with Crippen molar-refractivity contribution in [2.24, 2.45) is 0 Å². The van der Waals surface area contributed by atoms with Crippen LogP contribution in [0.3, 0.4) is 0 Å². The van der Waals surface area contributed by atoms with E-state index in [9.17, 15) is 22.8 Å². The van der Waals surface area contributed by atoms with Crippen LogP contribution in [0.15, 0.2) is 30.3 Å². The molecule has 1 saturated heterocycles. The molecular weight excluding hydrogens is 509 g/mol. The first kappa shape index (κ1) is 25.4. The van der Waals surface area contributed by atoms with Gasteiger partial charge in [0.1, 0.15) is 0 Å². The normalized spacial score (nSPS) is 18.0. The van der Waals surface area contributed by atoms with Gasteiger partial charge in [-0.3, -0.25) is 4.79 Å². The number of aromatic nitrogens is 1. The Morgan fingerprint density at radius 2 is 1.92 bits per heavy atom. The van der Waals surface area contributed by atoms with Crippen LogP contribution in [-0.4, -0.2) is 54.2 Å². The molecule has 37 heavy (non-hydrogen) atoms. The molecule has 1 aliphatic heterocycles. The van der Waals surface area contributed by atoms with E-state index in [1.54, 1.807) is 4.90 Å². The average molecular weight is 535 g/mol. The number of nitrogens with zero attached hydrogens (tertiary/aromatic N) is 1. The van der Waals surface area contributed by atoms with Gasteiger partial charge < -0.3 is 25.3 Å². The van der Waals surface area contributed by atoms with Gasteiger partial charge in [-0.1, -0.05) is 17.7 Å². The zero-order chi connectivity index (χ0) is 26.3. The predicted molar refractivity (Wildman–Crippen MR) is 134 cm³/mol. The number of ether oxygens (including phenoxy) is 1. The summed E-state index contributed by atoms with van der Waals surface area (Å²) in [6.45, 7) is 4.06. The van der Waals surface area contributed by atoms with Crippen LogP contribution in [0.1, 0.15) is 39.2 Å². The van der Waals surface area contributed by atoms with Crippen LogP contribution < -0.4 is 10.6 Å². The number of carbonyl (C=O) groups excluding carboxylic acids is 2. The third-order valence-corrected chi connectivity index (χ3v) is 7.27. The van der Waals surface area contributed by atoms with Crippen molar-refractivity contribution in [1.29, 1.82) is 0 Å². The number of halogens is 4. The molecule has 7 nitrogen and oxygen atoms in total. The summed E-state index contributed by atoms with van der Waals surface area (Å²) in [6, 6.07) is 6.16. The van der Waals surface area contributed by atoms with Crippen LogP contribution in [0.5, 0.6) is 0 Å². The van der Waals surface area contributed by atoms with Gasteiger partial charge in [-0.25, -0.2) is 4.79 Å². The number of urea groups is 1. The summed E-state index contributed by atoms with van der Waals surface area (Å²) in [4.78, 5) is 31.3. The van der Waals surface area contributed by atoms with Crippen LogP contribution in [-0.2, 0) is 23.8 Å². The van der Waals surface area contributed by atoms with E-state index in [0.29, 0.717) is 51.1 Å². The van der Waals surface area contributed by atoms with Crippen molar-refractivity contribution in [2.75, 3.05) is 31.6 Å². The molecule has 0 spiro atoms. The maximum atomic E-state index is 13.4.